The lowest BCUT2D eigenvalue weighted by atomic mass is 9.48. The van der Waals surface area contributed by atoms with E-state index in [1.807, 2.05) is 20.8 Å². The lowest BCUT2D eigenvalue weighted by Crippen LogP contribution is -2.51. The van der Waals surface area contributed by atoms with Crippen LogP contribution in [0.15, 0.2) is 24.3 Å². The molecule has 0 radical (unpaired) electrons. The number of carbonyl (C=O) groups is 3. The Kier molecular flexibility index (Phi) is 6.59. The van der Waals surface area contributed by atoms with E-state index in [2.05, 4.69) is 5.32 Å². The number of hydrogen-bond acceptors (Lipinski definition) is 5. The Hall–Kier alpha value is -2.37. The van der Waals surface area contributed by atoms with Gasteiger partial charge in [0.05, 0.1) is 12.2 Å². The lowest BCUT2D eigenvalue weighted by molar-refractivity contribution is -0.159. The summed E-state index contributed by atoms with van der Waals surface area (Å²) in [7, 11) is 0. The molecular formula is C26H35NO5. The molecule has 1 N–H and O–H groups in total. The minimum absolute atomic E-state index is 0.0699. The molecule has 174 valence electrons. The standard InChI is InChI=1S/C26H35NO5/c1-4-31-21-8-6-5-7-20(21)24(29)27-23(16(2)3)25(30)32-15-22(28)26-12-17-9-18(13-26)11-19(10-17)14-26/h5-8,16-19,23H,4,9-15H2,1-3H3,(H,27,29). The number of esters is 1. The highest BCUT2D eigenvalue weighted by Crippen LogP contribution is 2.60. The number of ketones is 1. The lowest BCUT2D eigenvalue weighted by Gasteiger charge is -2.55. The summed E-state index contributed by atoms with van der Waals surface area (Å²) in [6.07, 6.45) is 6.64. The first-order chi connectivity index (χ1) is 15.3. The van der Waals surface area contributed by atoms with E-state index in [0.29, 0.717) is 35.7 Å². The van der Waals surface area contributed by atoms with Gasteiger partial charge in [0, 0.05) is 5.41 Å². The topological polar surface area (TPSA) is 81.7 Å². The average molecular weight is 442 g/mol. The second kappa shape index (κ2) is 9.24. The van der Waals surface area contributed by atoms with E-state index in [-0.39, 0.29) is 23.7 Å². The minimum atomic E-state index is -0.832. The van der Waals surface area contributed by atoms with Gasteiger partial charge in [-0.1, -0.05) is 26.0 Å². The van der Waals surface area contributed by atoms with Gasteiger partial charge in [0.25, 0.3) is 5.91 Å². The molecule has 0 saturated heterocycles. The Balaban J connectivity index is 1.38. The van der Waals surface area contributed by atoms with Crippen molar-refractivity contribution in [1.82, 2.24) is 5.32 Å². The monoisotopic (exact) mass is 441 g/mol. The van der Waals surface area contributed by atoms with Crippen molar-refractivity contribution in [1.29, 1.82) is 0 Å². The molecule has 1 amide bonds. The van der Waals surface area contributed by atoms with Crippen molar-refractivity contribution in [2.45, 2.75) is 65.3 Å². The molecule has 4 saturated carbocycles. The second-order valence-electron chi connectivity index (χ2n) is 10.4. The van der Waals surface area contributed by atoms with Gasteiger partial charge in [0.1, 0.15) is 11.8 Å². The highest BCUT2D eigenvalue weighted by atomic mass is 16.5. The Morgan fingerprint density at radius 3 is 2.19 bits per heavy atom. The molecule has 6 nitrogen and oxygen atoms in total. The predicted molar refractivity (Wildman–Crippen MR) is 120 cm³/mol. The van der Waals surface area contributed by atoms with Crippen molar-refractivity contribution < 1.29 is 23.9 Å². The number of benzene rings is 1. The van der Waals surface area contributed by atoms with Gasteiger partial charge in [-0.2, -0.15) is 0 Å². The quantitative estimate of drug-likeness (QED) is 0.582. The van der Waals surface area contributed by atoms with Crippen LogP contribution < -0.4 is 10.1 Å². The minimum Gasteiger partial charge on any atom is -0.493 e. The molecule has 0 aliphatic heterocycles. The van der Waals surface area contributed by atoms with Crippen LogP contribution in [-0.2, 0) is 14.3 Å². The van der Waals surface area contributed by atoms with Gasteiger partial charge in [-0.25, -0.2) is 4.79 Å². The largest absolute Gasteiger partial charge is 0.493 e. The zero-order chi connectivity index (χ0) is 22.9. The van der Waals surface area contributed by atoms with Crippen LogP contribution >= 0.6 is 0 Å². The Morgan fingerprint density at radius 2 is 1.62 bits per heavy atom. The van der Waals surface area contributed by atoms with E-state index in [1.165, 1.54) is 19.3 Å². The molecule has 1 unspecified atom stereocenters. The summed E-state index contributed by atoms with van der Waals surface area (Å²) in [4.78, 5) is 38.9. The number of amides is 1. The average Bonchev–Trinajstić information content (AvgIpc) is 2.75. The number of nitrogens with one attached hydrogen (secondary N) is 1. The van der Waals surface area contributed by atoms with Crippen molar-refractivity contribution >= 4 is 17.7 Å². The zero-order valence-electron chi connectivity index (χ0n) is 19.4. The molecule has 1 aromatic carbocycles. The third kappa shape index (κ3) is 4.55. The Morgan fingerprint density at radius 1 is 1.03 bits per heavy atom. The van der Waals surface area contributed by atoms with E-state index < -0.39 is 17.9 Å². The van der Waals surface area contributed by atoms with Gasteiger partial charge in [-0.05, 0) is 81.3 Å². The molecule has 4 aliphatic rings. The van der Waals surface area contributed by atoms with E-state index in [4.69, 9.17) is 9.47 Å². The van der Waals surface area contributed by atoms with E-state index >= 15 is 0 Å². The third-order valence-electron chi connectivity index (χ3n) is 7.61. The van der Waals surface area contributed by atoms with Crippen LogP contribution in [0.3, 0.4) is 0 Å². The number of para-hydroxylation sites is 1. The van der Waals surface area contributed by atoms with Crippen LogP contribution in [0, 0.1) is 29.1 Å². The highest BCUT2D eigenvalue weighted by molar-refractivity contribution is 5.99. The van der Waals surface area contributed by atoms with Crippen molar-refractivity contribution in [3.8, 4) is 5.75 Å². The predicted octanol–water partition coefficient (Wildman–Crippen LogP) is 4.17. The van der Waals surface area contributed by atoms with Crippen molar-refractivity contribution in [2.75, 3.05) is 13.2 Å². The molecule has 0 aromatic heterocycles. The van der Waals surface area contributed by atoms with Crippen LogP contribution in [-0.4, -0.2) is 36.9 Å². The van der Waals surface area contributed by atoms with Gasteiger partial charge in [-0.15, -0.1) is 0 Å². The Bertz CT molecular complexity index is 841. The van der Waals surface area contributed by atoms with Gasteiger partial charge < -0.3 is 14.8 Å². The fraction of sp³-hybridized carbons (Fsp3) is 0.654. The van der Waals surface area contributed by atoms with Crippen LogP contribution in [0.2, 0.25) is 0 Å². The fourth-order valence-electron chi connectivity index (χ4n) is 6.48. The molecule has 1 atom stereocenters. The Labute approximate surface area is 190 Å². The first-order valence-corrected chi connectivity index (χ1v) is 12.0. The molecule has 0 spiro atoms. The van der Waals surface area contributed by atoms with Crippen LogP contribution in [0.4, 0.5) is 0 Å². The summed E-state index contributed by atoms with van der Waals surface area (Å²) in [5.74, 6) is 1.40. The number of hydrogen-bond donors (Lipinski definition) is 1. The molecule has 32 heavy (non-hydrogen) atoms. The number of carbonyl (C=O) groups excluding carboxylic acids is 3. The highest BCUT2D eigenvalue weighted by Gasteiger charge is 2.54. The molecule has 0 heterocycles. The smallest absolute Gasteiger partial charge is 0.329 e. The SMILES string of the molecule is CCOc1ccccc1C(=O)NC(C(=O)OCC(=O)C12CC3CC(CC(C3)C1)C2)C(C)C. The summed E-state index contributed by atoms with van der Waals surface area (Å²) in [6, 6.07) is 6.11. The zero-order valence-corrected chi connectivity index (χ0v) is 19.4. The van der Waals surface area contributed by atoms with Gasteiger partial charge in [0.2, 0.25) is 0 Å². The first kappa shape index (κ1) is 22.8. The molecule has 5 rings (SSSR count). The molecule has 6 heteroatoms. The summed E-state index contributed by atoms with van der Waals surface area (Å²) in [6.45, 7) is 5.79. The summed E-state index contributed by atoms with van der Waals surface area (Å²) in [5.41, 5.74) is 0.0830. The fourth-order valence-corrected chi connectivity index (χ4v) is 6.48. The van der Waals surface area contributed by atoms with E-state index in [0.717, 1.165) is 19.3 Å². The molecular weight excluding hydrogens is 406 g/mol. The molecule has 1 aromatic rings. The maximum atomic E-state index is 13.2. The summed E-state index contributed by atoms with van der Waals surface area (Å²) in [5, 5.41) is 2.79. The van der Waals surface area contributed by atoms with Crippen LogP contribution in [0.25, 0.3) is 0 Å². The van der Waals surface area contributed by atoms with Gasteiger partial charge in [0.15, 0.2) is 12.4 Å². The van der Waals surface area contributed by atoms with E-state index in [1.54, 1.807) is 24.3 Å². The van der Waals surface area contributed by atoms with Crippen LogP contribution in [0.5, 0.6) is 5.75 Å². The van der Waals surface area contributed by atoms with Crippen molar-refractivity contribution in [3.05, 3.63) is 29.8 Å². The van der Waals surface area contributed by atoms with Crippen LogP contribution in [0.1, 0.15) is 69.7 Å². The van der Waals surface area contributed by atoms with Crippen molar-refractivity contribution in [3.63, 3.8) is 0 Å². The molecule has 4 aliphatic carbocycles. The molecule has 4 bridgehead atoms. The maximum Gasteiger partial charge on any atom is 0.329 e. The van der Waals surface area contributed by atoms with Crippen molar-refractivity contribution in [2.24, 2.45) is 29.1 Å². The van der Waals surface area contributed by atoms with Gasteiger partial charge >= 0.3 is 5.97 Å². The second-order valence-corrected chi connectivity index (χ2v) is 10.4. The number of rotatable bonds is 9. The number of ether oxygens (including phenoxy) is 2. The maximum absolute atomic E-state index is 13.2. The van der Waals surface area contributed by atoms with Gasteiger partial charge in [-0.3, -0.25) is 9.59 Å². The first-order valence-electron chi connectivity index (χ1n) is 12.0. The normalized spacial score (nSPS) is 28.9. The molecule has 4 fully saturated rings. The number of Topliss-reactive ketones (excluding diaryl/α,β-unsaturated/α-hetero) is 1. The van der Waals surface area contributed by atoms with E-state index in [9.17, 15) is 14.4 Å². The third-order valence-corrected chi connectivity index (χ3v) is 7.61. The summed E-state index contributed by atoms with van der Waals surface area (Å²) >= 11 is 0. The summed E-state index contributed by atoms with van der Waals surface area (Å²) < 4.78 is 11.0.